The van der Waals surface area contributed by atoms with E-state index in [0.29, 0.717) is 23.8 Å². The molecule has 2 atom stereocenters. The van der Waals surface area contributed by atoms with Crippen molar-refractivity contribution in [2.24, 2.45) is 5.41 Å². The molecule has 2 heterocycles. The lowest BCUT2D eigenvalue weighted by Gasteiger charge is -2.20. The van der Waals surface area contributed by atoms with Crippen LogP contribution in [0.3, 0.4) is 0 Å². The van der Waals surface area contributed by atoms with E-state index in [2.05, 4.69) is 27.2 Å². The van der Waals surface area contributed by atoms with E-state index in [1.54, 1.807) is 23.2 Å². The highest BCUT2D eigenvalue weighted by molar-refractivity contribution is 5.91. The monoisotopic (exact) mass is 482 g/mol. The van der Waals surface area contributed by atoms with Crippen molar-refractivity contribution in [3.8, 4) is 16.9 Å². The molecule has 0 saturated heterocycles. The third-order valence-corrected chi connectivity index (χ3v) is 7.09. The van der Waals surface area contributed by atoms with Crippen LogP contribution in [-0.4, -0.2) is 43.0 Å². The van der Waals surface area contributed by atoms with E-state index in [-0.39, 0.29) is 17.5 Å². The second-order valence-electron chi connectivity index (χ2n) is 9.41. The fourth-order valence-electron chi connectivity index (χ4n) is 4.99. The largest absolute Gasteiger partial charge is 0.390 e. The van der Waals surface area contributed by atoms with Gasteiger partial charge < -0.3 is 10.4 Å². The van der Waals surface area contributed by atoms with E-state index < -0.39 is 6.10 Å². The van der Waals surface area contributed by atoms with Crippen molar-refractivity contribution in [2.75, 3.05) is 5.32 Å². The standard InChI is InChI=1S/C28H30N6O2/c1-4-5-7-10-21-15-23(25(35)28(21)13-14-28)31-27(36)32-26-18(2)24(20-16-29-19(3)30-17-20)33-34(26)22-11-8-6-9-12-22/h4-12,16-17,23,25,35H,1,13-15H2,2-3H3,(H2,31,32,36)/b7-5-,21-10+/t23-,25+/m1/s1. The van der Waals surface area contributed by atoms with Gasteiger partial charge in [0.1, 0.15) is 17.3 Å². The summed E-state index contributed by atoms with van der Waals surface area (Å²) in [5.74, 6) is 1.22. The summed E-state index contributed by atoms with van der Waals surface area (Å²) in [5.41, 5.74) is 4.01. The number of amides is 2. The fourth-order valence-corrected chi connectivity index (χ4v) is 4.99. The van der Waals surface area contributed by atoms with Crippen LogP contribution in [0.25, 0.3) is 16.9 Å². The molecule has 2 saturated carbocycles. The molecule has 8 nitrogen and oxygen atoms in total. The number of hydrogen-bond donors (Lipinski definition) is 3. The van der Waals surface area contributed by atoms with Crippen LogP contribution < -0.4 is 10.6 Å². The van der Waals surface area contributed by atoms with Crippen LogP contribution in [0.2, 0.25) is 0 Å². The first-order valence-corrected chi connectivity index (χ1v) is 12.1. The predicted octanol–water partition coefficient (Wildman–Crippen LogP) is 4.65. The highest BCUT2D eigenvalue weighted by Crippen LogP contribution is 2.61. The van der Waals surface area contributed by atoms with Crippen LogP contribution in [0.1, 0.15) is 30.7 Å². The highest BCUT2D eigenvalue weighted by atomic mass is 16.3. The smallest absolute Gasteiger partial charge is 0.320 e. The van der Waals surface area contributed by atoms with Gasteiger partial charge in [0.2, 0.25) is 0 Å². The van der Waals surface area contributed by atoms with E-state index in [1.165, 1.54) is 5.57 Å². The van der Waals surface area contributed by atoms with Gasteiger partial charge in [-0.1, -0.05) is 54.7 Å². The topological polar surface area (TPSA) is 105 Å². The van der Waals surface area contributed by atoms with Gasteiger partial charge in [-0.15, -0.1) is 0 Å². The average Bonchev–Trinajstić information content (AvgIpc) is 3.58. The minimum Gasteiger partial charge on any atom is -0.390 e. The summed E-state index contributed by atoms with van der Waals surface area (Å²) in [6, 6.07) is 8.87. The number of aliphatic hydroxyl groups excluding tert-OH is 1. The van der Waals surface area contributed by atoms with Crippen LogP contribution in [0, 0.1) is 19.3 Å². The van der Waals surface area contributed by atoms with E-state index in [0.717, 1.165) is 29.7 Å². The van der Waals surface area contributed by atoms with Gasteiger partial charge in [0, 0.05) is 28.9 Å². The van der Waals surface area contributed by atoms with Gasteiger partial charge in [-0.25, -0.2) is 19.4 Å². The number of aliphatic hydroxyl groups is 1. The Morgan fingerprint density at radius 2 is 1.89 bits per heavy atom. The van der Waals surface area contributed by atoms with Crippen LogP contribution in [-0.2, 0) is 0 Å². The van der Waals surface area contributed by atoms with Gasteiger partial charge in [-0.05, 0) is 45.2 Å². The predicted molar refractivity (Wildman–Crippen MR) is 140 cm³/mol. The lowest BCUT2D eigenvalue weighted by atomic mass is 9.97. The summed E-state index contributed by atoms with van der Waals surface area (Å²) in [6.45, 7) is 7.44. The van der Waals surface area contributed by atoms with Crippen molar-refractivity contribution in [1.29, 1.82) is 0 Å². The Morgan fingerprint density at radius 3 is 2.56 bits per heavy atom. The Balaban J connectivity index is 1.41. The summed E-state index contributed by atoms with van der Waals surface area (Å²) in [7, 11) is 0. The van der Waals surface area contributed by atoms with Crippen LogP contribution in [0.15, 0.2) is 79.2 Å². The Morgan fingerprint density at radius 1 is 1.17 bits per heavy atom. The van der Waals surface area contributed by atoms with E-state index >= 15 is 0 Å². The lowest BCUT2D eigenvalue weighted by molar-refractivity contribution is 0.105. The van der Waals surface area contributed by atoms with Gasteiger partial charge in [0.15, 0.2) is 0 Å². The number of urea groups is 1. The number of rotatable bonds is 6. The molecule has 2 aromatic heterocycles. The Bertz CT molecular complexity index is 1340. The van der Waals surface area contributed by atoms with Crippen LogP contribution in [0.5, 0.6) is 0 Å². The molecular weight excluding hydrogens is 452 g/mol. The number of nitrogens with zero attached hydrogens (tertiary/aromatic N) is 4. The van der Waals surface area contributed by atoms with Gasteiger partial charge in [-0.2, -0.15) is 5.10 Å². The zero-order valence-electron chi connectivity index (χ0n) is 20.5. The fraction of sp³-hybridized carbons (Fsp3) is 0.286. The van der Waals surface area contributed by atoms with Crippen molar-refractivity contribution in [3.63, 3.8) is 0 Å². The normalized spacial score (nSPS) is 21.2. The number of aryl methyl sites for hydroxylation is 1. The molecule has 184 valence electrons. The molecule has 8 heteroatoms. The highest BCUT2D eigenvalue weighted by Gasteiger charge is 2.59. The maximum absolute atomic E-state index is 13.2. The maximum atomic E-state index is 13.2. The number of nitrogens with one attached hydrogen (secondary N) is 2. The quantitative estimate of drug-likeness (QED) is 0.444. The lowest BCUT2D eigenvalue weighted by Crippen LogP contribution is -2.44. The third-order valence-electron chi connectivity index (χ3n) is 7.09. The van der Waals surface area contributed by atoms with Crippen molar-refractivity contribution in [2.45, 2.75) is 45.3 Å². The maximum Gasteiger partial charge on any atom is 0.320 e. The van der Waals surface area contributed by atoms with Crippen molar-refractivity contribution in [3.05, 3.63) is 90.6 Å². The molecule has 1 spiro atoms. The first-order valence-electron chi connectivity index (χ1n) is 12.1. The number of anilines is 1. The van der Waals surface area contributed by atoms with E-state index in [9.17, 15) is 9.90 Å². The molecule has 0 aliphatic heterocycles. The van der Waals surface area contributed by atoms with E-state index in [4.69, 9.17) is 5.10 Å². The van der Waals surface area contributed by atoms with Gasteiger partial charge in [0.25, 0.3) is 0 Å². The molecule has 2 aliphatic carbocycles. The Kier molecular flexibility index (Phi) is 6.28. The number of para-hydroxylation sites is 1. The number of hydrogen-bond acceptors (Lipinski definition) is 5. The first kappa shape index (κ1) is 23.7. The summed E-state index contributed by atoms with van der Waals surface area (Å²) < 4.78 is 1.71. The minimum absolute atomic E-state index is 0.218. The Hall–Kier alpha value is -4.04. The number of allylic oxidation sites excluding steroid dienone is 4. The number of benzene rings is 1. The molecule has 36 heavy (non-hydrogen) atoms. The Labute approximate surface area is 210 Å². The first-order chi connectivity index (χ1) is 17.4. The van der Waals surface area contributed by atoms with Gasteiger partial charge in [0.05, 0.1) is 17.8 Å². The molecule has 3 aromatic rings. The number of aromatic nitrogens is 4. The molecule has 0 radical (unpaired) electrons. The van der Waals surface area contributed by atoms with Crippen molar-refractivity contribution >= 4 is 11.8 Å². The summed E-state index contributed by atoms with van der Waals surface area (Å²) in [5, 5.41) is 21.8. The number of carbonyl (C=O) groups is 1. The molecule has 5 rings (SSSR count). The summed E-state index contributed by atoms with van der Waals surface area (Å²) >= 11 is 0. The molecule has 2 amide bonds. The van der Waals surface area contributed by atoms with Gasteiger partial charge in [-0.3, -0.25) is 5.32 Å². The molecular formula is C28H30N6O2. The molecule has 2 aliphatic rings. The second-order valence-corrected chi connectivity index (χ2v) is 9.41. The van der Waals surface area contributed by atoms with Crippen LogP contribution >= 0.6 is 0 Å². The van der Waals surface area contributed by atoms with Crippen LogP contribution in [0.4, 0.5) is 10.6 Å². The number of carbonyl (C=O) groups excluding carboxylic acids is 1. The SMILES string of the molecule is C=C/C=C\C=C1/C[C@@H](NC(=O)Nc2c(C)c(-c3cnc(C)nc3)nn2-c2ccccc2)[C@H](O)C12CC2. The summed E-state index contributed by atoms with van der Waals surface area (Å²) in [4.78, 5) is 21.8. The molecule has 1 aromatic carbocycles. The van der Waals surface area contributed by atoms with Gasteiger partial charge >= 0.3 is 6.03 Å². The summed E-state index contributed by atoms with van der Waals surface area (Å²) in [6.07, 6.45) is 12.9. The zero-order valence-corrected chi connectivity index (χ0v) is 20.5. The second kappa shape index (κ2) is 9.54. The molecule has 3 N–H and O–H groups in total. The van der Waals surface area contributed by atoms with E-state index in [1.807, 2.05) is 62.4 Å². The third kappa shape index (κ3) is 4.35. The van der Waals surface area contributed by atoms with Crippen molar-refractivity contribution < 1.29 is 9.90 Å². The van der Waals surface area contributed by atoms with Crippen molar-refractivity contribution in [1.82, 2.24) is 25.1 Å². The molecule has 0 bridgehead atoms. The molecule has 0 unspecified atom stereocenters. The molecule has 2 fully saturated rings. The minimum atomic E-state index is -0.618. The average molecular weight is 483 g/mol. The zero-order chi connectivity index (χ0) is 25.3.